The van der Waals surface area contributed by atoms with Gasteiger partial charge < -0.3 is 25.0 Å². The predicted molar refractivity (Wildman–Crippen MR) is 134 cm³/mol. The molecular formula is C21H37IN4O3S. The van der Waals surface area contributed by atoms with E-state index in [0.717, 1.165) is 51.5 Å². The van der Waals surface area contributed by atoms with Gasteiger partial charge in [0, 0.05) is 44.1 Å². The molecule has 0 bridgehead atoms. The van der Waals surface area contributed by atoms with E-state index in [2.05, 4.69) is 34.0 Å². The molecule has 0 saturated carbocycles. The molecule has 1 aliphatic heterocycles. The fourth-order valence-corrected chi connectivity index (χ4v) is 3.93. The third kappa shape index (κ3) is 10.4. The maximum absolute atomic E-state index is 12.5. The van der Waals surface area contributed by atoms with Gasteiger partial charge in [-0.3, -0.25) is 9.79 Å². The zero-order valence-corrected chi connectivity index (χ0v) is 21.4. The number of thiophene rings is 1. The van der Waals surface area contributed by atoms with Crippen LogP contribution in [0.5, 0.6) is 0 Å². The molecule has 0 atom stereocenters. The molecule has 2 N–H and O–H groups in total. The molecule has 7 nitrogen and oxygen atoms in total. The van der Waals surface area contributed by atoms with Crippen LogP contribution < -0.4 is 10.6 Å². The lowest BCUT2D eigenvalue weighted by Crippen LogP contribution is -2.41. The van der Waals surface area contributed by atoms with Gasteiger partial charge in [0.15, 0.2) is 5.96 Å². The molecule has 0 aliphatic carbocycles. The monoisotopic (exact) mass is 552 g/mol. The number of unbranched alkanes of at least 4 members (excludes halogenated alkanes) is 1. The normalized spacial score (nSPS) is 13.5. The van der Waals surface area contributed by atoms with Gasteiger partial charge in [-0.1, -0.05) is 13.3 Å². The van der Waals surface area contributed by atoms with E-state index < -0.39 is 0 Å². The van der Waals surface area contributed by atoms with Crippen molar-refractivity contribution in [3.63, 3.8) is 0 Å². The van der Waals surface area contributed by atoms with Crippen LogP contribution in [0.15, 0.2) is 16.4 Å². The lowest BCUT2D eigenvalue weighted by Gasteiger charge is -2.27. The minimum absolute atomic E-state index is 0. The van der Waals surface area contributed by atoms with Crippen molar-refractivity contribution in [1.82, 2.24) is 15.5 Å². The number of nitrogens with one attached hydrogen (secondary N) is 2. The van der Waals surface area contributed by atoms with Gasteiger partial charge in [0.1, 0.15) is 0 Å². The van der Waals surface area contributed by atoms with Crippen molar-refractivity contribution in [3.05, 3.63) is 21.9 Å². The topological polar surface area (TPSA) is 75.2 Å². The van der Waals surface area contributed by atoms with Gasteiger partial charge >= 0.3 is 0 Å². The van der Waals surface area contributed by atoms with Gasteiger partial charge in [-0.25, -0.2) is 0 Å². The second kappa shape index (κ2) is 16.7. The Morgan fingerprint density at radius 1 is 1.20 bits per heavy atom. The number of guanidine groups is 1. The maximum atomic E-state index is 12.5. The van der Waals surface area contributed by atoms with E-state index in [0.29, 0.717) is 39.3 Å². The van der Waals surface area contributed by atoms with Gasteiger partial charge in [-0.15, -0.1) is 35.3 Å². The van der Waals surface area contributed by atoms with Crippen molar-refractivity contribution in [2.45, 2.75) is 46.1 Å². The average Bonchev–Trinajstić information content (AvgIpc) is 3.20. The molecule has 1 aliphatic rings. The molecule has 0 spiro atoms. The lowest BCUT2D eigenvalue weighted by atomic mass is 10.1. The molecule has 2 rings (SSSR count). The highest BCUT2D eigenvalue weighted by atomic mass is 127. The summed E-state index contributed by atoms with van der Waals surface area (Å²) in [5, 5.41) is 8.56. The van der Waals surface area contributed by atoms with Gasteiger partial charge in [0.05, 0.1) is 26.4 Å². The number of carbonyl (C=O) groups excluding carboxylic acids is 1. The van der Waals surface area contributed by atoms with E-state index in [1.807, 2.05) is 11.8 Å². The van der Waals surface area contributed by atoms with Crippen molar-refractivity contribution < 1.29 is 14.3 Å². The van der Waals surface area contributed by atoms with Crippen molar-refractivity contribution >= 4 is 47.2 Å². The standard InChI is InChI=1S/C21H36N4O3S.HI/c1-3-5-12-27-14-15-28-13-10-24-21(22-4-2)23-9-6-20(26)25-11-7-19-18(17-25)8-16-29-19;/h8,16H,3-7,9-15,17H2,1-2H3,(H2,22,23,24);1H. The minimum atomic E-state index is 0. The maximum Gasteiger partial charge on any atom is 0.224 e. The summed E-state index contributed by atoms with van der Waals surface area (Å²) in [5.41, 5.74) is 1.30. The highest BCUT2D eigenvalue weighted by Crippen LogP contribution is 2.24. The van der Waals surface area contributed by atoms with Crippen LogP contribution in [0.25, 0.3) is 0 Å². The molecule has 0 fully saturated rings. The van der Waals surface area contributed by atoms with Crippen LogP contribution in [0.4, 0.5) is 0 Å². The van der Waals surface area contributed by atoms with Crippen LogP contribution in [-0.2, 0) is 27.2 Å². The summed E-state index contributed by atoms with van der Waals surface area (Å²) in [5.74, 6) is 0.915. The van der Waals surface area contributed by atoms with Crippen LogP contribution in [0.1, 0.15) is 43.6 Å². The summed E-state index contributed by atoms with van der Waals surface area (Å²) in [6, 6.07) is 2.13. The lowest BCUT2D eigenvalue weighted by molar-refractivity contribution is -0.131. The van der Waals surface area contributed by atoms with Gasteiger partial charge in [0.25, 0.3) is 0 Å². The van der Waals surface area contributed by atoms with Crippen LogP contribution in [0, 0.1) is 0 Å². The van der Waals surface area contributed by atoms with Crippen LogP contribution in [0.2, 0.25) is 0 Å². The number of nitrogens with zero attached hydrogens (tertiary/aromatic N) is 2. The zero-order chi connectivity index (χ0) is 20.7. The Morgan fingerprint density at radius 3 is 2.77 bits per heavy atom. The Hall–Kier alpha value is -0.910. The summed E-state index contributed by atoms with van der Waals surface area (Å²) in [6.45, 7) is 10.3. The molecule has 0 aromatic carbocycles. The van der Waals surface area contributed by atoms with Crippen molar-refractivity contribution in [3.8, 4) is 0 Å². The molecule has 0 saturated heterocycles. The summed E-state index contributed by atoms with van der Waals surface area (Å²) < 4.78 is 11.0. The van der Waals surface area contributed by atoms with Crippen molar-refractivity contribution in [2.24, 2.45) is 4.99 Å². The van der Waals surface area contributed by atoms with Crippen LogP contribution in [0.3, 0.4) is 0 Å². The third-order valence-corrected chi connectivity index (χ3v) is 5.68. The molecule has 1 aromatic heterocycles. The zero-order valence-electron chi connectivity index (χ0n) is 18.3. The van der Waals surface area contributed by atoms with Crippen molar-refractivity contribution in [1.29, 1.82) is 0 Å². The van der Waals surface area contributed by atoms with E-state index >= 15 is 0 Å². The van der Waals surface area contributed by atoms with Crippen LogP contribution in [-0.4, -0.2) is 69.4 Å². The summed E-state index contributed by atoms with van der Waals surface area (Å²) in [4.78, 5) is 20.4. The van der Waals surface area contributed by atoms with E-state index in [4.69, 9.17) is 9.47 Å². The second-order valence-corrected chi connectivity index (χ2v) is 7.95. The van der Waals surface area contributed by atoms with E-state index in [9.17, 15) is 4.79 Å². The Balaban J connectivity index is 0.00000450. The first kappa shape index (κ1) is 27.1. The number of carbonyl (C=O) groups is 1. The van der Waals surface area contributed by atoms with E-state index in [-0.39, 0.29) is 29.9 Å². The number of aliphatic imine (C=N–C) groups is 1. The Kier molecular flexibility index (Phi) is 15.1. The SMILES string of the molecule is CCCCOCCOCCN=C(NCC)NCCC(=O)N1CCc2sccc2C1.I. The fraction of sp³-hybridized carbons (Fsp3) is 0.714. The molecule has 9 heteroatoms. The Bertz CT molecular complexity index is 627. The first-order valence-corrected chi connectivity index (χ1v) is 11.6. The smallest absolute Gasteiger partial charge is 0.224 e. The summed E-state index contributed by atoms with van der Waals surface area (Å²) >= 11 is 1.79. The first-order chi connectivity index (χ1) is 14.2. The number of hydrogen-bond donors (Lipinski definition) is 2. The third-order valence-electron chi connectivity index (χ3n) is 4.66. The molecule has 1 amide bonds. The Labute approximate surface area is 202 Å². The Morgan fingerprint density at radius 2 is 2.00 bits per heavy atom. The molecular weight excluding hydrogens is 515 g/mol. The highest BCUT2D eigenvalue weighted by Gasteiger charge is 2.20. The molecule has 1 aromatic rings. The number of ether oxygens (including phenoxy) is 2. The average molecular weight is 553 g/mol. The number of fused-ring (bicyclic) bond motifs is 1. The molecule has 2 heterocycles. The highest BCUT2D eigenvalue weighted by molar-refractivity contribution is 14.0. The number of halogens is 1. The van der Waals surface area contributed by atoms with E-state index in [1.165, 1.54) is 10.4 Å². The quantitative estimate of drug-likeness (QED) is 0.170. The van der Waals surface area contributed by atoms with Crippen LogP contribution >= 0.6 is 35.3 Å². The minimum Gasteiger partial charge on any atom is -0.379 e. The fourth-order valence-electron chi connectivity index (χ4n) is 3.04. The van der Waals surface area contributed by atoms with Gasteiger partial charge in [-0.05, 0) is 36.8 Å². The van der Waals surface area contributed by atoms with Gasteiger partial charge in [-0.2, -0.15) is 0 Å². The summed E-state index contributed by atoms with van der Waals surface area (Å²) in [6.07, 6.45) is 3.68. The number of amides is 1. The first-order valence-electron chi connectivity index (χ1n) is 10.7. The second-order valence-electron chi connectivity index (χ2n) is 6.95. The number of rotatable bonds is 13. The molecule has 172 valence electrons. The molecule has 0 unspecified atom stereocenters. The molecule has 0 radical (unpaired) electrons. The summed E-state index contributed by atoms with van der Waals surface area (Å²) in [7, 11) is 0. The van der Waals surface area contributed by atoms with Crippen molar-refractivity contribution in [2.75, 3.05) is 52.6 Å². The van der Waals surface area contributed by atoms with E-state index in [1.54, 1.807) is 11.3 Å². The van der Waals surface area contributed by atoms with Gasteiger partial charge in [0.2, 0.25) is 5.91 Å². The molecule has 30 heavy (non-hydrogen) atoms. The number of hydrogen-bond acceptors (Lipinski definition) is 5. The largest absolute Gasteiger partial charge is 0.379 e. The predicted octanol–water partition coefficient (Wildman–Crippen LogP) is 3.03.